The predicted molar refractivity (Wildman–Crippen MR) is 72.2 cm³/mol. The van der Waals surface area contributed by atoms with Crippen LogP contribution in [0.5, 0.6) is 0 Å². The van der Waals surface area contributed by atoms with Gasteiger partial charge in [-0.1, -0.05) is 15.9 Å². The fourth-order valence-electron chi connectivity index (χ4n) is 1.63. The third-order valence-corrected chi connectivity index (χ3v) is 2.86. The summed E-state index contributed by atoms with van der Waals surface area (Å²) >= 11 is 3.34. The minimum absolute atomic E-state index is 0.103. The van der Waals surface area contributed by atoms with E-state index in [2.05, 4.69) is 31.5 Å². The summed E-state index contributed by atoms with van der Waals surface area (Å²) in [6.45, 7) is -0.214. The third-order valence-electron chi connectivity index (χ3n) is 2.40. The van der Waals surface area contributed by atoms with Gasteiger partial charge >= 0.3 is 0 Å². The topological polar surface area (TPSA) is 78.9 Å². The lowest BCUT2D eigenvalue weighted by atomic mass is 10.2. The van der Waals surface area contributed by atoms with Crippen molar-refractivity contribution in [3.8, 4) is 11.4 Å². The zero-order valence-corrected chi connectivity index (χ0v) is 11.9. The first kappa shape index (κ1) is 14.8. The van der Waals surface area contributed by atoms with Crippen molar-refractivity contribution in [1.82, 2.24) is 20.2 Å². The second kappa shape index (κ2) is 6.71. The van der Waals surface area contributed by atoms with E-state index in [1.807, 2.05) is 6.07 Å². The highest BCUT2D eigenvalue weighted by atomic mass is 79.9. The van der Waals surface area contributed by atoms with Gasteiger partial charge < -0.3 is 10.5 Å². The Morgan fingerprint density at radius 2 is 2.15 bits per heavy atom. The second-order valence-corrected chi connectivity index (χ2v) is 4.88. The Balaban J connectivity index is 2.08. The van der Waals surface area contributed by atoms with Gasteiger partial charge in [-0.3, -0.25) is 0 Å². The fourth-order valence-corrected chi connectivity index (χ4v) is 2.14. The van der Waals surface area contributed by atoms with Gasteiger partial charge in [0.25, 0.3) is 6.43 Å². The number of halogens is 3. The number of anilines is 1. The molecule has 0 aliphatic rings. The molecule has 0 aliphatic carbocycles. The summed E-state index contributed by atoms with van der Waals surface area (Å²) < 4.78 is 31.0. The summed E-state index contributed by atoms with van der Waals surface area (Å²) in [6.07, 6.45) is -2.48. The quantitative estimate of drug-likeness (QED) is 0.638. The molecule has 0 amide bonds. The Bertz CT molecular complexity index is 557. The molecule has 0 saturated heterocycles. The molecule has 0 fully saturated rings. The highest BCUT2D eigenvalue weighted by Gasteiger charge is 2.10. The van der Waals surface area contributed by atoms with Crippen molar-refractivity contribution in [3.05, 3.63) is 22.7 Å². The van der Waals surface area contributed by atoms with Gasteiger partial charge in [-0.25, -0.2) is 13.5 Å². The highest BCUT2D eigenvalue weighted by Crippen LogP contribution is 2.24. The Morgan fingerprint density at radius 1 is 1.35 bits per heavy atom. The number of alkyl halides is 2. The molecule has 0 atom stereocenters. The lowest BCUT2D eigenvalue weighted by Crippen LogP contribution is -2.12. The normalized spacial score (nSPS) is 11.2. The van der Waals surface area contributed by atoms with E-state index in [0.717, 1.165) is 10.0 Å². The molecule has 1 aromatic heterocycles. The molecule has 0 spiro atoms. The predicted octanol–water partition coefficient (Wildman–Crippen LogP) is 1.97. The van der Waals surface area contributed by atoms with Crippen molar-refractivity contribution in [2.24, 2.45) is 0 Å². The van der Waals surface area contributed by atoms with Gasteiger partial charge in [-0.05, 0) is 28.6 Å². The second-order valence-electron chi connectivity index (χ2n) is 3.96. The van der Waals surface area contributed by atoms with Gasteiger partial charge in [0, 0.05) is 15.7 Å². The standard InChI is InChI=1S/C11H12BrF2N5O/c12-8-3-7(4-9(15)5-8)11-16-17-18-19(11)1-2-20-6-10(13)14/h3-5,10H,1-2,6,15H2. The van der Waals surface area contributed by atoms with E-state index in [4.69, 9.17) is 10.5 Å². The first-order valence-electron chi connectivity index (χ1n) is 5.75. The van der Waals surface area contributed by atoms with Crippen LogP contribution in [0.2, 0.25) is 0 Å². The molecule has 2 aromatic rings. The Hall–Kier alpha value is -1.61. The maximum absolute atomic E-state index is 11.9. The first-order chi connectivity index (χ1) is 9.56. The van der Waals surface area contributed by atoms with E-state index < -0.39 is 13.0 Å². The summed E-state index contributed by atoms with van der Waals surface area (Å²) in [5.74, 6) is 0.499. The SMILES string of the molecule is Nc1cc(Br)cc(-c2nnnn2CCOCC(F)F)c1. The number of hydrogen-bond acceptors (Lipinski definition) is 5. The van der Waals surface area contributed by atoms with Crippen LogP contribution in [0.15, 0.2) is 22.7 Å². The number of tetrazole rings is 1. The average Bonchev–Trinajstić information content (AvgIpc) is 2.81. The van der Waals surface area contributed by atoms with E-state index in [-0.39, 0.29) is 13.2 Å². The number of rotatable bonds is 6. The summed E-state index contributed by atoms with van der Waals surface area (Å²) in [5.41, 5.74) is 7.05. The summed E-state index contributed by atoms with van der Waals surface area (Å²) in [6, 6.07) is 5.30. The fraction of sp³-hybridized carbons (Fsp3) is 0.364. The zero-order valence-electron chi connectivity index (χ0n) is 10.3. The molecule has 0 unspecified atom stereocenters. The van der Waals surface area contributed by atoms with Crippen LogP contribution < -0.4 is 5.73 Å². The van der Waals surface area contributed by atoms with Gasteiger partial charge in [0.1, 0.15) is 6.61 Å². The molecule has 6 nitrogen and oxygen atoms in total. The Labute approximate surface area is 122 Å². The van der Waals surface area contributed by atoms with Crippen LogP contribution in [0.4, 0.5) is 14.5 Å². The smallest absolute Gasteiger partial charge is 0.261 e. The molecular formula is C11H12BrF2N5O. The minimum atomic E-state index is -2.48. The van der Waals surface area contributed by atoms with Crippen molar-refractivity contribution < 1.29 is 13.5 Å². The Kier molecular flexibility index (Phi) is 4.96. The van der Waals surface area contributed by atoms with Crippen molar-refractivity contribution >= 4 is 21.6 Å². The van der Waals surface area contributed by atoms with Crippen LogP contribution in [-0.4, -0.2) is 39.8 Å². The first-order valence-corrected chi connectivity index (χ1v) is 6.54. The number of hydrogen-bond donors (Lipinski definition) is 1. The molecule has 1 aromatic carbocycles. The Morgan fingerprint density at radius 3 is 2.85 bits per heavy atom. The molecule has 0 bridgehead atoms. The lowest BCUT2D eigenvalue weighted by molar-refractivity contribution is 0.0140. The molecule has 0 aliphatic heterocycles. The maximum Gasteiger partial charge on any atom is 0.261 e. The highest BCUT2D eigenvalue weighted by molar-refractivity contribution is 9.10. The van der Waals surface area contributed by atoms with Gasteiger partial charge in [0.05, 0.1) is 13.2 Å². The van der Waals surface area contributed by atoms with Gasteiger partial charge in [0.2, 0.25) is 0 Å². The van der Waals surface area contributed by atoms with Crippen LogP contribution in [0.25, 0.3) is 11.4 Å². The van der Waals surface area contributed by atoms with Crippen LogP contribution in [0.1, 0.15) is 0 Å². The van der Waals surface area contributed by atoms with E-state index in [1.165, 1.54) is 4.68 Å². The number of nitrogens with two attached hydrogens (primary N) is 1. The monoisotopic (exact) mass is 347 g/mol. The number of nitrogens with zero attached hydrogens (tertiary/aromatic N) is 4. The van der Waals surface area contributed by atoms with Crippen LogP contribution in [-0.2, 0) is 11.3 Å². The van der Waals surface area contributed by atoms with Crippen molar-refractivity contribution in [3.63, 3.8) is 0 Å². The van der Waals surface area contributed by atoms with Crippen molar-refractivity contribution in [2.75, 3.05) is 18.9 Å². The average molecular weight is 348 g/mol. The van der Waals surface area contributed by atoms with Crippen LogP contribution in [0.3, 0.4) is 0 Å². The van der Waals surface area contributed by atoms with E-state index in [9.17, 15) is 8.78 Å². The minimum Gasteiger partial charge on any atom is -0.399 e. The molecule has 0 radical (unpaired) electrons. The van der Waals surface area contributed by atoms with E-state index in [1.54, 1.807) is 12.1 Å². The number of ether oxygens (including phenoxy) is 1. The van der Waals surface area contributed by atoms with Gasteiger partial charge in [-0.2, -0.15) is 0 Å². The third kappa shape index (κ3) is 3.94. The molecule has 0 saturated carbocycles. The largest absolute Gasteiger partial charge is 0.399 e. The summed E-state index contributed by atoms with van der Waals surface area (Å²) in [4.78, 5) is 0. The number of benzene rings is 1. The molecular weight excluding hydrogens is 336 g/mol. The van der Waals surface area contributed by atoms with Gasteiger partial charge in [-0.15, -0.1) is 5.10 Å². The molecule has 108 valence electrons. The zero-order chi connectivity index (χ0) is 14.5. The van der Waals surface area contributed by atoms with Crippen LogP contribution >= 0.6 is 15.9 Å². The molecule has 20 heavy (non-hydrogen) atoms. The van der Waals surface area contributed by atoms with Crippen molar-refractivity contribution in [2.45, 2.75) is 13.0 Å². The number of nitrogen functional groups attached to an aromatic ring is 1. The van der Waals surface area contributed by atoms with E-state index in [0.29, 0.717) is 11.5 Å². The lowest BCUT2D eigenvalue weighted by Gasteiger charge is -2.07. The molecule has 1 heterocycles. The molecule has 9 heteroatoms. The number of aromatic nitrogens is 4. The maximum atomic E-state index is 11.9. The van der Waals surface area contributed by atoms with Crippen molar-refractivity contribution in [1.29, 1.82) is 0 Å². The summed E-state index contributed by atoms with van der Waals surface area (Å²) in [5, 5.41) is 11.3. The van der Waals surface area contributed by atoms with E-state index >= 15 is 0 Å². The van der Waals surface area contributed by atoms with Gasteiger partial charge in [0.15, 0.2) is 5.82 Å². The molecule has 2 N–H and O–H groups in total. The van der Waals surface area contributed by atoms with Crippen LogP contribution in [0, 0.1) is 0 Å². The molecule has 2 rings (SSSR count). The summed E-state index contributed by atoms with van der Waals surface area (Å²) in [7, 11) is 0.